The van der Waals surface area contributed by atoms with E-state index in [0.717, 1.165) is 0 Å². The number of hydrogen-bond acceptors (Lipinski definition) is 1. The standard InChI is InChI=1S/C13H17N/c1-2-10-5-3-6-11(9-10)12-7-4-8-13(12)14/h2-3,5-6,9,12-13H,1,4,7-8,14H2/t12-,13-/m0/s1. The molecule has 0 aromatic heterocycles. The minimum Gasteiger partial charge on any atom is -0.327 e. The second kappa shape index (κ2) is 3.97. The monoisotopic (exact) mass is 187 g/mol. The third-order valence-electron chi connectivity index (χ3n) is 3.14. The number of nitrogens with two attached hydrogens (primary N) is 1. The van der Waals surface area contributed by atoms with Crippen LogP contribution in [0.1, 0.15) is 36.3 Å². The SMILES string of the molecule is C=Cc1cccc([C@@H]2CCC[C@@H]2N)c1. The van der Waals surface area contributed by atoms with Gasteiger partial charge in [0, 0.05) is 6.04 Å². The van der Waals surface area contributed by atoms with Crippen LogP contribution >= 0.6 is 0 Å². The van der Waals surface area contributed by atoms with Gasteiger partial charge in [0.1, 0.15) is 0 Å². The van der Waals surface area contributed by atoms with E-state index in [1.807, 2.05) is 6.08 Å². The Hall–Kier alpha value is -1.08. The van der Waals surface area contributed by atoms with Crippen molar-refractivity contribution in [1.82, 2.24) is 0 Å². The normalized spacial score (nSPS) is 26.4. The molecule has 1 heteroatoms. The molecule has 1 saturated carbocycles. The number of rotatable bonds is 2. The maximum absolute atomic E-state index is 6.08. The highest BCUT2D eigenvalue weighted by atomic mass is 14.7. The van der Waals surface area contributed by atoms with Gasteiger partial charge in [-0.2, -0.15) is 0 Å². The van der Waals surface area contributed by atoms with E-state index in [-0.39, 0.29) is 0 Å². The molecular formula is C13H17N. The van der Waals surface area contributed by atoms with Gasteiger partial charge in [-0.15, -0.1) is 0 Å². The summed E-state index contributed by atoms with van der Waals surface area (Å²) < 4.78 is 0. The van der Waals surface area contributed by atoms with Crippen LogP contribution in [-0.2, 0) is 0 Å². The predicted molar refractivity (Wildman–Crippen MR) is 61.1 cm³/mol. The van der Waals surface area contributed by atoms with Gasteiger partial charge in [0.25, 0.3) is 0 Å². The molecule has 74 valence electrons. The molecule has 0 unspecified atom stereocenters. The molecule has 0 saturated heterocycles. The van der Waals surface area contributed by atoms with Crippen LogP contribution in [0.4, 0.5) is 0 Å². The minimum absolute atomic E-state index is 0.357. The largest absolute Gasteiger partial charge is 0.327 e. The van der Waals surface area contributed by atoms with E-state index >= 15 is 0 Å². The summed E-state index contributed by atoms with van der Waals surface area (Å²) in [5.41, 5.74) is 8.65. The molecule has 1 aromatic carbocycles. The number of benzene rings is 1. The summed E-state index contributed by atoms with van der Waals surface area (Å²) in [6, 6.07) is 8.93. The van der Waals surface area contributed by atoms with Gasteiger partial charge >= 0.3 is 0 Å². The molecule has 2 atom stereocenters. The summed E-state index contributed by atoms with van der Waals surface area (Å²) in [7, 11) is 0. The average Bonchev–Trinajstić information content (AvgIpc) is 2.65. The lowest BCUT2D eigenvalue weighted by Crippen LogP contribution is -2.22. The van der Waals surface area contributed by atoms with Crippen LogP contribution < -0.4 is 5.73 Å². The maximum Gasteiger partial charge on any atom is 0.0108 e. The van der Waals surface area contributed by atoms with Crippen molar-refractivity contribution in [2.75, 3.05) is 0 Å². The molecule has 1 fully saturated rings. The van der Waals surface area contributed by atoms with Crippen LogP contribution in [-0.4, -0.2) is 6.04 Å². The smallest absolute Gasteiger partial charge is 0.0108 e. The Morgan fingerprint density at radius 2 is 2.21 bits per heavy atom. The van der Waals surface area contributed by atoms with E-state index in [1.165, 1.54) is 30.4 Å². The highest BCUT2D eigenvalue weighted by molar-refractivity contribution is 5.48. The summed E-state index contributed by atoms with van der Waals surface area (Å²) in [6.45, 7) is 3.79. The van der Waals surface area contributed by atoms with Gasteiger partial charge in [-0.25, -0.2) is 0 Å². The molecule has 0 radical (unpaired) electrons. The van der Waals surface area contributed by atoms with E-state index in [2.05, 4.69) is 30.8 Å². The maximum atomic E-state index is 6.08. The molecule has 1 aliphatic rings. The fourth-order valence-electron chi connectivity index (χ4n) is 2.32. The van der Waals surface area contributed by atoms with Crippen molar-refractivity contribution in [2.24, 2.45) is 5.73 Å². The van der Waals surface area contributed by atoms with E-state index in [0.29, 0.717) is 12.0 Å². The molecule has 1 aromatic rings. The Kier molecular flexibility index (Phi) is 2.69. The fourth-order valence-corrected chi connectivity index (χ4v) is 2.32. The van der Waals surface area contributed by atoms with Crippen molar-refractivity contribution >= 4 is 6.08 Å². The van der Waals surface area contributed by atoms with Crippen molar-refractivity contribution < 1.29 is 0 Å². The summed E-state index contributed by atoms with van der Waals surface area (Å²) in [4.78, 5) is 0. The van der Waals surface area contributed by atoms with Gasteiger partial charge in [-0.3, -0.25) is 0 Å². The lowest BCUT2D eigenvalue weighted by Gasteiger charge is -2.15. The van der Waals surface area contributed by atoms with Crippen molar-refractivity contribution in [1.29, 1.82) is 0 Å². The molecule has 2 rings (SSSR count). The zero-order chi connectivity index (χ0) is 9.97. The van der Waals surface area contributed by atoms with Gasteiger partial charge in [-0.1, -0.05) is 43.3 Å². The third-order valence-corrected chi connectivity index (χ3v) is 3.14. The molecule has 0 heterocycles. The van der Waals surface area contributed by atoms with Gasteiger partial charge in [0.2, 0.25) is 0 Å². The van der Waals surface area contributed by atoms with E-state index in [9.17, 15) is 0 Å². The van der Waals surface area contributed by atoms with Crippen molar-refractivity contribution in [3.05, 3.63) is 42.0 Å². The Balaban J connectivity index is 2.26. The average molecular weight is 187 g/mol. The molecule has 2 N–H and O–H groups in total. The van der Waals surface area contributed by atoms with Crippen molar-refractivity contribution in [3.63, 3.8) is 0 Å². The summed E-state index contributed by atoms with van der Waals surface area (Å²) in [5.74, 6) is 0.565. The van der Waals surface area contributed by atoms with Gasteiger partial charge in [0.15, 0.2) is 0 Å². The predicted octanol–water partition coefficient (Wildman–Crippen LogP) is 2.92. The second-order valence-electron chi connectivity index (χ2n) is 4.08. The van der Waals surface area contributed by atoms with Crippen LogP contribution in [0, 0.1) is 0 Å². The lowest BCUT2D eigenvalue weighted by atomic mass is 9.93. The zero-order valence-electron chi connectivity index (χ0n) is 8.45. The third kappa shape index (κ3) is 1.73. The minimum atomic E-state index is 0.357. The molecule has 1 nitrogen and oxygen atoms in total. The van der Waals surface area contributed by atoms with Crippen LogP contribution in [0.15, 0.2) is 30.8 Å². The highest BCUT2D eigenvalue weighted by Crippen LogP contribution is 2.33. The van der Waals surface area contributed by atoms with Crippen LogP contribution in [0.2, 0.25) is 0 Å². The van der Waals surface area contributed by atoms with E-state index < -0.39 is 0 Å². The van der Waals surface area contributed by atoms with Gasteiger partial charge in [0.05, 0.1) is 0 Å². The first-order valence-corrected chi connectivity index (χ1v) is 5.29. The molecule has 1 aliphatic carbocycles. The van der Waals surface area contributed by atoms with Gasteiger partial charge < -0.3 is 5.73 Å². The molecule has 0 aliphatic heterocycles. The van der Waals surface area contributed by atoms with Crippen LogP contribution in [0.5, 0.6) is 0 Å². The first kappa shape index (κ1) is 9.47. The number of hydrogen-bond donors (Lipinski definition) is 1. The van der Waals surface area contributed by atoms with E-state index in [1.54, 1.807) is 0 Å². The van der Waals surface area contributed by atoms with Crippen molar-refractivity contribution in [2.45, 2.75) is 31.2 Å². The lowest BCUT2D eigenvalue weighted by molar-refractivity contribution is 0.613. The van der Waals surface area contributed by atoms with Crippen LogP contribution in [0.3, 0.4) is 0 Å². The van der Waals surface area contributed by atoms with Gasteiger partial charge in [-0.05, 0) is 29.9 Å². The molecule has 0 amide bonds. The Bertz CT molecular complexity index is 330. The quantitative estimate of drug-likeness (QED) is 0.757. The summed E-state index contributed by atoms with van der Waals surface area (Å²) in [5, 5.41) is 0. The summed E-state index contributed by atoms with van der Waals surface area (Å²) in [6.07, 6.45) is 5.57. The van der Waals surface area contributed by atoms with Crippen molar-refractivity contribution in [3.8, 4) is 0 Å². The van der Waals surface area contributed by atoms with Crippen LogP contribution in [0.25, 0.3) is 6.08 Å². The Labute approximate surface area is 85.6 Å². The Morgan fingerprint density at radius 3 is 2.86 bits per heavy atom. The topological polar surface area (TPSA) is 26.0 Å². The molecule has 14 heavy (non-hydrogen) atoms. The first-order chi connectivity index (χ1) is 6.81. The Morgan fingerprint density at radius 1 is 1.36 bits per heavy atom. The molecular weight excluding hydrogens is 170 g/mol. The second-order valence-corrected chi connectivity index (χ2v) is 4.08. The summed E-state index contributed by atoms with van der Waals surface area (Å²) >= 11 is 0. The first-order valence-electron chi connectivity index (χ1n) is 5.29. The molecule has 0 bridgehead atoms. The zero-order valence-corrected chi connectivity index (χ0v) is 8.45. The highest BCUT2D eigenvalue weighted by Gasteiger charge is 2.25. The molecule has 0 spiro atoms. The fraction of sp³-hybridized carbons (Fsp3) is 0.385. The van der Waals surface area contributed by atoms with E-state index in [4.69, 9.17) is 5.73 Å².